The van der Waals surface area contributed by atoms with Gasteiger partial charge in [0.2, 0.25) is 11.8 Å². The van der Waals surface area contributed by atoms with Crippen molar-refractivity contribution >= 4 is 34.9 Å². The molecule has 100 valence electrons. The number of hydrogen-bond acceptors (Lipinski definition) is 4. The highest BCUT2D eigenvalue weighted by Crippen LogP contribution is 2.18. The number of piperidine rings is 1. The minimum Gasteiger partial charge on any atom is -0.392 e. The van der Waals surface area contributed by atoms with E-state index in [0.29, 0.717) is 6.42 Å². The topological polar surface area (TPSA) is 92.5 Å². The number of nitrogens with one attached hydrogen (secondary N) is 1. The molecule has 1 heterocycles. The number of carbonyl (C=O) groups excluding carboxylic acids is 3. The average Bonchev–Trinajstić information content (AvgIpc) is 2.29. The van der Waals surface area contributed by atoms with Gasteiger partial charge in [0.1, 0.15) is 6.04 Å². The third kappa shape index (κ3) is 2.66. The SMILES string of the molecule is CN1C(=O)CCC(NC(=O)C(C)(C)C(N)=S)C1=O. The first kappa shape index (κ1) is 14.6. The van der Waals surface area contributed by atoms with E-state index in [1.54, 1.807) is 13.8 Å². The largest absolute Gasteiger partial charge is 0.392 e. The molecule has 0 aromatic carbocycles. The van der Waals surface area contributed by atoms with Crippen molar-refractivity contribution < 1.29 is 14.4 Å². The molecule has 0 bridgehead atoms. The predicted molar refractivity (Wildman–Crippen MR) is 69.5 cm³/mol. The smallest absolute Gasteiger partial charge is 0.251 e. The summed E-state index contributed by atoms with van der Waals surface area (Å²) in [5.74, 6) is -1.05. The summed E-state index contributed by atoms with van der Waals surface area (Å²) in [7, 11) is 1.40. The van der Waals surface area contributed by atoms with Gasteiger partial charge < -0.3 is 11.1 Å². The predicted octanol–water partition coefficient (Wildman–Crippen LogP) is -0.438. The summed E-state index contributed by atoms with van der Waals surface area (Å²) in [4.78, 5) is 36.2. The number of hydrogen-bond donors (Lipinski definition) is 2. The zero-order chi connectivity index (χ0) is 14.1. The lowest BCUT2D eigenvalue weighted by molar-refractivity contribution is -0.149. The quantitative estimate of drug-likeness (QED) is 0.536. The molecule has 3 amide bonds. The van der Waals surface area contributed by atoms with Gasteiger partial charge in [-0.05, 0) is 20.3 Å². The van der Waals surface area contributed by atoms with Gasteiger partial charge in [-0.15, -0.1) is 0 Å². The van der Waals surface area contributed by atoms with Crippen LogP contribution in [0, 0.1) is 5.41 Å². The molecule has 1 rings (SSSR count). The Morgan fingerprint density at radius 2 is 2.06 bits per heavy atom. The minimum absolute atomic E-state index is 0.0627. The van der Waals surface area contributed by atoms with Gasteiger partial charge in [0.25, 0.3) is 5.91 Å². The molecule has 1 unspecified atom stereocenters. The van der Waals surface area contributed by atoms with Gasteiger partial charge in [-0.2, -0.15) is 0 Å². The third-order valence-corrected chi connectivity index (χ3v) is 3.65. The number of likely N-dealkylation sites (tertiary alicyclic amines) is 1. The monoisotopic (exact) mass is 271 g/mol. The van der Waals surface area contributed by atoms with Crippen LogP contribution in [0.1, 0.15) is 26.7 Å². The van der Waals surface area contributed by atoms with E-state index >= 15 is 0 Å². The van der Waals surface area contributed by atoms with Crippen molar-refractivity contribution in [3.63, 3.8) is 0 Å². The van der Waals surface area contributed by atoms with Crippen LogP contribution in [-0.4, -0.2) is 40.7 Å². The maximum absolute atomic E-state index is 12.0. The van der Waals surface area contributed by atoms with E-state index in [2.05, 4.69) is 5.32 Å². The van der Waals surface area contributed by atoms with Gasteiger partial charge in [-0.25, -0.2) is 0 Å². The van der Waals surface area contributed by atoms with Crippen molar-refractivity contribution in [3.05, 3.63) is 0 Å². The van der Waals surface area contributed by atoms with Crippen LogP contribution < -0.4 is 11.1 Å². The number of nitrogens with zero attached hydrogens (tertiary/aromatic N) is 1. The molecule has 18 heavy (non-hydrogen) atoms. The van der Waals surface area contributed by atoms with Gasteiger partial charge >= 0.3 is 0 Å². The molecule has 1 atom stereocenters. The number of thiocarbonyl (C=S) groups is 1. The van der Waals surface area contributed by atoms with Crippen LogP contribution in [0.15, 0.2) is 0 Å². The molecule has 6 nitrogen and oxygen atoms in total. The van der Waals surface area contributed by atoms with E-state index in [-0.39, 0.29) is 17.3 Å². The fourth-order valence-electron chi connectivity index (χ4n) is 1.50. The number of imide groups is 1. The lowest BCUT2D eigenvalue weighted by atomic mass is 9.91. The molecular formula is C11H17N3O3S. The van der Waals surface area contributed by atoms with Crippen LogP contribution in [0.3, 0.4) is 0 Å². The van der Waals surface area contributed by atoms with Crippen LogP contribution >= 0.6 is 12.2 Å². The molecule has 1 saturated heterocycles. The highest BCUT2D eigenvalue weighted by molar-refractivity contribution is 7.80. The Labute approximate surface area is 111 Å². The maximum Gasteiger partial charge on any atom is 0.251 e. The standard InChI is InChI=1S/C11H17N3O3S/c1-11(2,9(12)18)10(17)13-6-4-5-7(15)14(3)8(6)16/h6H,4-5H2,1-3H3,(H2,12,18)(H,13,17). The lowest BCUT2D eigenvalue weighted by Gasteiger charge is -2.31. The zero-order valence-corrected chi connectivity index (χ0v) is 11.5. The van der Waals surface area contributed by atoms with Crippen LogP contribution in [0.5, 0.6) is 0 Å². The second-order valence-electron chi connectivity index (χ2n) is 4.84. The Morgan fingerprint density at radius 1 is 1.50 bits per heavy atom. The van der Waals surface area contributed by atoms with Gasteiger partial charge in [0, 0.05) is 13.5 Å². The Hall–Kier alpha value is -1.50. The molecule has 3 N–H and O–H groups in total. The van der Waals surface area contributed by atoms with E-state index < -0.39 is 23.3 Å². The summed E-state index contributed by atoms with van der Waals surface area (Å²) < 4.78 is 0. The summed E-state index contributed by atoms with van der Waals surface area (Å²) >= 11 is 4.81. The van der Waals surface area contributed by atoms with Crippen LogP contribution in [0.2, 0.25) is 0 Å². The molecule has 0 saturated carbocycles. The average molecular weight is 271 g/mol. The molecule has 1 fully saturated rings. The number of amides is 3. The van der Waals surface area contributed by atoms with Gasteiger partial charge in [-0.1, -0.05) is 12.2 Å². The summed E-state index contributed by atoms with van der Waals surface area (Å²) in [5.41, 5.74) is 4.46. The summed E-state index contributed by atoms with van der Waals surface area (Å²) in [5, 5.41) is 2.59. The third-order valence-electron chi connectivity index (χ3n) is 3.14. The van der Waals surface area contributed by atoms with Crippen LogP contribution in [0.4, 0.5) is 0 Å². The van der Waals surface area contributed by atoms with Crippen molar-refractivity contribution in [2.75, 3.05) is 7.05 Å². The van der Waals surface area contributed by atoms with Crippen molar-refractivity contribution in [2.45, 2.75) is 32.7 Å². The molecule has 0 spiro atoms. The molecule has 1 aliphatic heterocycles. The minimum atomic E-state index is -1.02. The van der Waals surface area contributed by atoms with Gasteiger partial charge in [-0.3, -0.25) is 19.3 Å². The highest BCUT2D eigenvalue weighted by Gasteiger charge is 2.37. The molecular weight excluding hydrogens is 254 g/mol. The van der Waals surface area contributed by atoms with Crippen LogP contribution in [-0.2, 0) is 14.4 Å². The fourth-order valence-corrected chi connectivity index (χ4v) is 1.59. The first-order valence-electron chi connectivity index (χ1n) is 5.59. The van der Waals surface area contributed by atoms with E-state index in [0.717, 1.165) is 4.90 Å². The first-order chi connectivity index (χ1) is 8.17. The van der Waals surface area contributed by atoms with Gasteiger partial charge in [0.05, 0.1) is 10.4 Å². The van der Waals surface area contributed by atoms with E-state index in [1.807, 2.05) is 0 Å². The Balaban J connectivity index is 2.75. The zero-order valence-electron chi connectivity index (χ0n) is 10.6. The Bertz CT molecular complexity index is 420. The normalized spacial score (nSPS) is 20.8. The van der Waals surface area contributed by atoms with Gasteiger partial charge in [0.15, 0.2) is 0 Å². The Kier molecular flexibility index (Phi) is 4.05. The van der Waals surface area contributed by atoms with Crippen molar-refractivity contribution in [2.24, 2.45) is 11.1 Å². The molecule has 1 aliphatic rings. The molecule has 7 heteroatoms. The highest BCUT2D eigenvalue weighted by atomic mass is 32.1. The lowest BCUT2D eigenvalue weighted by Crippen LogP contribution is -2.56. The summed E-state index contributed by atoms with van der Waals surface area (Å²) in [6.45, 7) is 3.18. The first-order valence-corrected chi connectivity index (χ1v) is 6.00. The van der Waals surface area contributed by atoms with E-state index in [1.165, 1.54) is 7.05 Å². The van der Waals surface area contributed by atoms with Crippen molar-refractivity contribution in [1.82, 2.24) is 10.2 Å². The fraction of sp³-hybridized carbons (Fsp3) is 0.636. The molecule has 0 radical (unpaired) electrons. The van der Waals surface area contributed by atoms with Crippen molar-refractivity contribution in [1.29, 1.82) is 0 Å². The number of likely N-dealkylation sites (N-methyl/N-ethyl adjacent to an activating group) is 1. The maximum atomic E-state index is 12.0. The van der Waals surface area contributed by atoms with E-state index in [4.69, 9.17) is 18.0 Å². The summed E-state index contributed by atoms with van der Waals surface area (Å²) in [6, 6.07) is -0.686. The number of nitrogens with two attached hydrogens (primary N) is 1. The van der Waals surface area contributed by atoms with Crippen LogP contribution in [0.25, 0.3) is 0 Å². The molecule has 0 aromatic rings. The molecule has 0 aliphatic carbocycles. The second kappa shape index (κ2) is 5.01. The van der Waals surface area contributed by atoms with E-state index in [9.17, 15) is 14.4 Å². The van der Waals surface area contributed by atoms with Crippen molar-refractivity contribution in [3.8, 4) is 0 Å². The molecule has 0 aromatic heterocycles. The Morgan fingerprint density at radius 3 is 2.56 bits per heavy atom. The second-order valence-corrected chi connectivity index (χ2v) is 5.28. The summed E-state index contributed by atoms with van der Waals surface area (Å²) in [6.07, 6.45) is 0.543. The number of rotatable bonds is 3. The number of carbonyl (C=O) groups is 3.